The Morgan fingerprint density at radius 2 is 1.83 bits per heavy atom. The summed E-state index contributed by atoms with van der Waals surface area (Å²) in [4.78, 5) is 7.19. The lowest BCUT2D eigenvalue weighted by atomic mass is 9.99. The van der Waals surface area contributed by atoms with Gasteiger partial charge in [-0.25, -0.2) is 0 Å². The topological polar surface area (TPSA) is 28.2 Å². The van der Waals surface area contributed by atoms with Crippen LogP contribution in [0, 0.1) is 6.92 Å². The van der Waals surface area contributed by atoms with Gasteiger partial charge in [-0.2, -0.15) is 0 Å². The van der Waals surface area contributed by atoms with Gasteiger partial charge in [-0.05, 0) is 42.3 Å². The van der Waals surface area contributed by atoms with Gasteiger partial charge in [-0.15, -0.1) is 0 Å². The van der Waals surface area contributed by atoms with Crippen molar-refractivity contribution in [2.75, 3.05) is 17.3 Å². The molecule has 0 saturated carbocycles. The van der Waals surface area contributed by atoms with Crippen molar-refractivity contribution in [3.8, 4) is 0 Å². The largest absolute Gasteiger partial charge is 0.370 e. The van der Waals surface area contributed by atoms with Gasteiger partial charge >= 0.3 is 0 Å². The minimum atomic E-state index is 0.818. The number of anilines is 2. The predicted molar refractivity (Wildman–Crippen MR) is 100 cm³/mol. The van der Waals surface area contributed by atoms with Crippen molar-refractivity contribution in [1.82, 2.24) is 4.98 Å². The second kappa shape index (κ2) is 5.32. The Hall–Kier alpha value is -2.46. The maximum Gasteiger partial charge on any atom is 0.111 e. The summed E-state index contributed by atoms with van der Waals surface area (Å²) in [5.41, 5.74) is 6.00. The van der Waals surface area contributed by atoms with E-state index in [2.05, 4.69) is 65.6 Å². The van der Waals surface area contributed by atoms with Gasteiger partial charge in [0.15, 0.2) is 0 Å². The summed E-state index contributed by atoms with van der Waals surface area (Å²) < 4.78 is 0. The number of rotatable bonds is 3. The van der Waals surface area contributed by atoms with Crippen LogP contribution in [0.3, 0.4) is 0 Å². The molecule has 114 valence electrons. The van der Waals surface area contributed by atoms with Crippen LogP contribution < -0.4 is 10.2 Å². The van der Waals surface area contributed by atoms with E-state index in [1.165, 1.54) is 27.6 Å². The molecule has 1 aliphatic heterocycles. The van der Waals surface area contributed by atoms with Crippen LogP contribution in [-0.2, 0) is 6.54 Å². The van der Waals surface area contributed by atoms with E-state index >= 15 is 0 Å². The molecular weight excluding hydrogens is 302 g/mol. The van der Waals surface area contributed by atoms with Crippen molar-refractivity contribution in [2.45, 2.75) is 13.5 Å². The fourth-order valence-corrected chi connectivity index (χ4v) is 3.57. The smallest absolute Gasteiger partial charge is 0.111 e. The molecule has 0 spiro atoms. The molecule has 0 bridgehead atoms. The number of aromatic nitrogens is 1. The van der Waals surface area contributed by atoms with Gasteiger partial charge in [-0.1, -0.05) is 24.4 Å². The van der Waals surface area contributed by atoms with Crippen molar-refractivity contribution in [3.63, 3.8) is 0 Å². The van der Waals surface area contributed by atoms with E-state index in [-0.39, 0.29) is 0 Å². The molecule has 0 aliphatic carbocycles. The third-order valence-corrected chi connectivity index (χ3v) is 4.74. The highest BCUT2D eigenvalue weighted by atomic mass is 32.1. The summed E-state index contributed by atoms with van der Waals surface area (Å²) in [6.45, 7) is 3.01. The molecule has 0 fully saturated rings. The maximum absolute atomic E-state index is 5.46. The Morgan fingerprint density at radius 3 is 2.61 bits per heavy atom. The van der Waals surface area contributed by atoms with Crippen molar-refractivity contribution in [2.24, 2.45) is 0 Å². The first-order valence-corrected chi connectivity index (χ1v) is 8.03. The fraction of sp³-hybridized carbons (Fsp3) is 0.158. The molecule has 0 radical (unpaired) electrons. The molecule has 2 heterocycles. The number of nitrogens with zero attached hydrogens (tertiary/aromatic N) is 2. The van der Waals surface area contributed by atoms with Crippen LogP contribution in [0.15, 0.2) is 48.8 Å². The van der Waals surface area contributed by atoms with Crippen LogP contribution in [0.2, 0.25) is 0 Å². The van der Waals surface area contributed by atoms with Crippen LogP contribution in [0.5, 0.6) is 0 Å². The molecule has 3 aromatic rings. The minimum absolute atomic E-state index is 0.818. The molecule has 3 nitrogen and oxygen atoms in total. The zero-order valence-corrected chi connectivity index (χ0v) is 13.9. The third kappa shape index (κ3) is 2.26. The van der Waals surface area contributed by atoms with Gasteiger partial charge in [0, 0.05) is 53.7 Å². The van der Waals surface area contributed by atoms with Crippen LogP contribution in [-0.4, -0.2) is 17.0 Å². The standard InChI is InChI=1S/C19H17N3S/c1-12-3-4-14-18-15(21-19(14)23)5-6-16(17(12)18)22(2)11-13-7-9-20-10-8-13/h3-10H,11H2,1-2H3,(H,21,23). The summed E-state index contributed by atoms with van der Waals surface area (Å²) >= 11 is 5.46. The summed E-state index contributed by atoms with van der Waals surface area (Å²) in [7, 11) is 2.13. The highest BCUT2D eigenvalue weighted by molar-refractivity contribution is 7.81. The van der Waals surface area contributed by atoms with E-state index in [0.717, 1.165) is 22.8 Å². The molecule has 0 amide bonds. The lowest BCUT2D eigenvalue weighted by Crippen LogP contribution is -2.17. The minimum Gasteiger partial charge on any atom is -0.370 e. The predicted octanol–water partition coefficient (Wildman–Crippen LogP) is 4.28. The molecule has 0 saturated heterocycles. The van der Waals surface area contributed by atoms with Gasteiger partial charge in [0.2, 0.25) is 0 Å². The first kappa shape index (κ1) is 14.2. The molecule has 0 unspecified atom stereocenters. The SMILES string of the molecule is Cc1ccc2c3c(ccc(N(C)Cc4ccncc4)c13)NC2=S. The number of hydrogen-bond acceptors (Lipinski definition) is 3. The van der Waals surface area contributed by atoms with E-state index < -0.39 is 0 Å². The molecule has 1 aliphatic rings. The molecule has 23 heavy (non-hydrogen) atoms. The number of aryl methyl sites for hydroxylation is 1. The lowest BCUT2D eigenvalue weighted by molar-refractivity contribution is 0.924. The van der Waals surface area contributed by atoms with Gasteiger partial charge in [0.1, 0.15) is 4.99 Å². The average molecular weight is 319 g/mol. The highest BCUT2D eigenvalue weighted by Crippen LogP contribution is 2.40. The molecule has 1 N–H and O–H groups in total. The second-order valence-corrected chi connectivity index (χ2v) is 6.39. The van der Waals surface area contributed by atoms with E-state index in [1.54, 1.807) is 0 Å². The Bertz CT molecular complexity index is 919. The molecule has 2 aromatic carbocycles. The lowest BCUT2D eigenvalue weighted by Gasteiger charge is -2.22. The van der Waals surface area contributed by atoms with Crippen LogP contribution in [0.4, 0.5) is 11.4 Å². The van der Waals surface area contributed by atoms with Crippen molar-refractivity contribution in [1.29, 1.82) is 0 Å². The highest BCUT2D eigenvalue weighted by Gasteiger charge is 2.22. The van der Waals surface area contributed by atoms with Gasteiger partial charge in [0.05, 0.1) is 0 Å². The van der Waals surface area contributed by atoms with Crippen LogP contribution in [0.1, 0.15) is 16.7 Å². The zero-order chi connectivity index (χ0) is 16.0. The Kier molecular flexibility index (Phi) is 3.27. The number of thiocarbonyl (C=S) groups is 1. The van der Waals surface area contributed by atoms with Crippen LogP contribution in [0.25, 0.3) is 10.8 Å². The Labute approximate surface area is 141 Å². The molecule has 4 heteroatoms. The summed E-state index contributed by atoms with van der Waals surface area (Å²) in [5.74, 6) is 0. The Morgan fingerprint density at radius 1 is 1.04 bits per heavy atom. The average Bonchev–Trinajstić information content (AvgIpc) is 2.88. The summed E-state index contributed by atoms with van der Waals surface area (Å²) in [6, 6.07) is 12.7. The monoisotopic (exact) mass is 319 g/mol. The molecule has 0 atom stereocenters. The first-order chi connectivity index (χ1) is 11.1. The van der Waals surface area contributed by atoms with Crippen LogP contribution >= 0.6 is 12.2 Å². The quantitative estimate of drug-likeness (QED) is 0.729. The third-order valence-electron chi connectivity index (χ3n) is 4.42. The number of benzene rings is 2. The van der Waals surface area contributed by atoms with E-state index in [9.17, 15) is 0 Å². The second-order valence-electron chi connectivity index (χ2n) is 5.98. The van der Waals surface area contributed by atoms with Crippen molar-refractivity contribution < 1.29 is 0 Å². The number of hydrogen-bond donors (Lipinski definition) is 1. The number of pyridine rings is 1. The van der Waals surface area contributed by atoms with E-state index in [0.29, 0.717) is 0 Å². The summed E-state index contributed by atoms with van der Waals surface area (Å²) in [5, 5.41) is 5.84. The summed E-state index contributed by atoms with van der Waals surface area (Å²) in [6.07, 6.45) is 3.68. The molecular formula is C19H17N3S. The Balaban J connectivity index is 1.85. The van der Waals surface area contributed by atoms with Crippen molar-refractivity contribution >= 4 is 39.4 Å². The van der Waals surface area contributed by atoms with E-state index in [4.69, 9.17) is 12.2 Å². The molecule has 1 aromatic heterocycles. The van der Waals surface area contributed by atoms with Gasteiger partial charge in [-0.3, -0.25) is 4.98 Å². The molecule has 4 rings (SSSR count). The fourth-order valence-electron chi connectivity index (χ4n) is 3.29. The van der Waals surface area contributed by atoms with Gasteiger partial charge < -0.3 is 10.2 Å². The zero-order valence-electron chi connectivity index (χ0n) is 13.1. The van der Waals surface area contributed by atoms with E-state index in [1.807, 2.05) is 12.4 Å². The van der Waals surface area contributed by atoms with Gasteiger partial charge in [0.25, 0.3) is 0 Å². The number of nitrogens with one attached hydrogen (secondary N) is 1. The maximum atomic E-state index is 5.46. The first-order valence-electron chi connectivity index (χ1n) is 7.63. The van der Waals surface area contributed by atoms with Crippen molar-refractivity contribution in [3.05, 3.63) is 65.5 Å². The normalized spacial score (nSPS) is 12.5.